The fourth-order valence-corrected chi connectivity index (χ4v) is 1.54. The molecule has 0 aliphatic heterocycles. The highest BCUT2D eigenvalue weighted by molar-refractivity contribution is 14.1. The summed E-state index contributed by atoms with van der Waals surface area (Å²) in [5.74, 6) is 0. The van der Waals surface area contributed by atoms with Gasteiger partial charge in [-0.15, -0.1) is 0 Å². The maximum Gasteiger partial charge on any atom is 0.415 e. The van der Waals surface area contributed by atoms with Crippen molar-refractivity contribution in [1.82, 2.24) is 16.0 Å². The highest BCUT2D eigenvalue weighted by Gasteiger charge is 2.04. The molecule has 0 aliphatic carbocycles. The Morgan fingerprint density at radius 3 is 2.11 bits per heavy atom. The molecule has 0 aliphatic rings. The molecule has 0 rings (SSSR count). The van der Waals surface area contributed by atoms with Crippen LogP contribution < -0.4 is 21.7 Å². The largest absolute Gasteiger partial charge is 0.415 e. The van der Waals surface area contributed by atoms with Crippen molar-refractivity contribution in [3.63, 3.8) is 0 Å². The van der Waals surface area contributed by atoms with Gasteiger partial charge in [-0.25, -0.2) is 9.59 Å². The van der Waals surface area contributed by atoms with E-state index in [1.54, 1.807) is 0 Å². The van der Waals surface area contributed by atoms with E-state index in [1.807, 2.05) is 0 Å². The lowest BCUT2D eigenvalue weighted by molar-refractivity contribution is 0.169. The lowest BCUT2D eigenvalue weighted by Crippen LogP contribution is -2.33. The van der Waals surface area contributed by atoms with Crippen molar-refractivity contribution in [2.75, 3.05) is 39.3 Å². The van der Waals surface area contributed by atoms with Gasteiger partial charge < -0.3 is 26.4 Å². The van der Waals surface area contributed by atoms with Gasteiger partial charge in [-0.05, 0) is 45.4 Å². The molecule has 112 valence electrons. The normalized spacial score (nSPS) is 10.2. The Morgan fingerprint density at radius 2 is 1.53 bits per heavy atom. The molecule has 7 nitrogen and oxygen atoms in total. The summed E-state index contributed by atoms with van der Waals surface area (Å²) in [6.07, 6.45) is 2.49. The molecule has 0 spiro atoms. The SMILES string of the molecule is NCCCNCCCCNCCNC(=O)OC(=O)I. The Morgan fingerprint density at radius 1 is 0.947 bits per heavy atom. The van der Waals surface area contributed by atoms with Crippen LogP contribution in [0.15, 0.2) is 0 Å². The van der Waals surface area contributed by atoms with E-state index in [4.69, 9.17) is 5.73 Å². The van der Waals surface area contributed by atoms with Gasteiger partial charge in [0.05, 0.1) is 22.6 Å². The van der Waals surface area contributed by atoms with E-state index in [2.05, 4.69) is 20.7 Å². The Hall–Kier alpha value is -0.450. The van der Waals surface area contributed by atoms with Crippen molar-refractivity contribution in [3.8, 4) is 0 Å². The molecule has 0 aromatic rings. The average molecular weight is 386 g/mol. The third kappa shape index (κ3) is 15.5. The molecule has 0 saturated carbocycles. The lowest BCUT2D eigenvalue weighted by Gasteiger charge is -2.06. The van der Waals surface area contributed by atoms with Crippen LogP contribution in [0.3, 0.4) is 0 Å². The fourth-order valence-electron chi connectivity index (χ4n) is 1.34. The molecule has 0 fully saturated rings. The summed E-state index contributed by atoms with van der Waals surface area (Å²) >= 11 is 1.40. The molecule has 8 heteroatoms. The summed E-state index contributed by atoms with van der Waals surface area (Å²) in [7, 11) is 0. The van der Waals surface area contributed by atoms with Gasteiger partial charge >= 0.3 is 10.1 Å². The predicted molar refractivity (Wildman–Crippen MR) is 82.5 cm³/mol. The van der Waals surface area contributed by atoms with Crippen LogP contribution in [0.1, 0.15) is 19.3 Å². The number of nitrogens with one attached hydrogen (secondary N) is 3. The first-order chi connectivity index (χ1) is 9.16. The van der Waals surface area contributed by atoms with Crippen LogP contribution in [0.25, 0.3) is 0 Å². The number of alkyl carbamates (subject to hydrolysis) is 1. The zero-order chi connectivity index (χ0) is 14.3. The first kappa shape index (κ1) is 18.6. The van der Waals surface area contributed by atoms with Crippen LogP contribution in [-0.4, -0.2) is 49.3 Å². The molecule has 0 unspecified atom stereocenters. The maximum absolute atomic E-state index is 10.9. The van der Waals surface area contributed by atoms with E-state index < -0.39 is 10.1 Å². The second kappa shape index (κ2) is 14.0. The summed E-state index contributed by atoms with van der Waals surface area (Å²) in [5.41, 5.74) is 5.38. The third-order valence-corrected chi connectivity index (χ3v) is 2.48. The molecule has 0 radical (unpaired) electrons. The number of hydrogen-bond donors (Lipinski definition) is 4. The van der Waals surface area contributed by atoms with Gasteiger partial charge in [-0.1, -0.05) is 0 Å². The van der Waals surface area contributed by atoms with E-state index in [9.17, 15) is 9.59 Å². The Bertz CT molecular complexity index is 254. The number of rotatable bonds is 11. The first-order valence-corrected chi connectivity index (χ1v) is 7.51. The van der Waals surface area contributed by atoms with Crippen LogP contribution in [0.5, 0.6) is 0 Å². The highest BCUT2D eigenvalue weighted by atomic mass is 127. The van der Waals surface area contributed by atoms with E-state index >= 15 is 0 Å². The van der Waals surface area contributed by atoms with Crippen molar-refractivity contribution in [2.24, 2.45) is 5.73 Å². The molecular weight excluding hydrogens is 363 g/mol. The van der Waals surface area contributed by atoms with E-state index in [0.29, 0.717) is 13.1 Å². The molecule has 0 aromatic carbocycles. The van der Waals surface area contributed by atoms with Crippen molar-refractivity contribution >= 4 is 32.7 Å². The minimum Gasteiger partial charge on any atom is -0.368 e. The van der Waals surface area contributed by atoms with Crippen molar-refractivity contribution in [1.29, 1.82) is 0 Å². The summed E-state index contributed by atoms with van der Waals surface area (Å²) in [4.78, 5) is 21.3. The predicted octanol–water partition coefficient (Wildman–Crippen LogP) is 0.576. The maximum atomic E-state index is 10.9. The smallest absolute Gasteiger partial charge is 0.368 e. The van der Waals surface area contributed by atoms with Crippen molar-refractivity contribution < 1.29 is 14.3 Å². The van der Waals surface area contributed by atoms with E-state index in [0.717, 1.165) is 45.4 Å². The summed E-state index contributed by atoms with van der Waals surface area (Å²) < 4.78 is 3.66. The monoisotopic (exact) mass is 386 g/mol. The Labute approximate surface area is 127 Å². The number of carbonyl (C=O) groups is 2. The van der Waals surface area contributed by atoms with Crippen LogP contribution >= 0.6 is 22.6 Å². The third-order valence-electron chi connectivity index (χ3n) is 2.26. The Balaban J connectivity index is 3.10. The van der Waals surface area contributed by atoms with Gasteiger partial charge in [0, 0.05) is 13.1 Å². The second-order valence-electron chi connectivity index (χ2n) is 3.90. The first-order valence-electron chi connectivity index (χ1n) is 6.43. The molecule has 0 atom stereocenters. The molecule has 0 heterocycles. The number of carbonyl (C=O) groups excluding carboxylic acids is 2. The van der Waals surface area contributed by atoms with E-state index in [1.165, 1.54) is 22.6 Å². The van der Waals surface area contributed by atoms with Gasteiger partial charge in [-0.3, -0.25) is 0 Å². The summed E-state index contributed by atoms with van der Waals surface area (Å²) in [6, 6.07) is 0. The molecule has 0 bridgehead atoms. The number of amides is 1. The number of nitrogens with two attached hydrogens (primary N) is 1. The number of hydrogen-bond acceptors (Lipinski definition) is 6. The van der Waals surface area contributed by atoms with Crippen LogP contribution in [-0.2, 0) is 4.74 Å². The minimum atomic E-state index is -0.703. The van der Waals surface area contributed by atoms with Crippen molar-refractivity contribution in [2.45, 2.75) is 19.3 Å². The van der Waals surface area contributed by atoms with Gasteiger partial charge in [0.1, 0.15) is 0 Å². The molecular formula is C11H23IN4O3. The van der Waals surface area contributed by atoms with Gasteiger partial charge in [0.15, 0.2) is 0 Å². The van der Waals surface area contributed by atoms with E-state index in [-0.39, 0.29) is 0 Å². The molecule has 0 aromatic heterocycles. The standard InChI is InChI=1S/C11H23IN4O3/c12-10(17)19-11(18)16-9-8-15-6-2-1-5-14-7-3-4-13/h14-15H,1-9,13H2,(H,16,18). The highest BCUT2D eigenvalue weighted by Crippen LogP contribution is 1.91. The second-order valence-corrected chi connectivity index (χ2v) is 4.78. The Kier molecular flexibility index (Phi) is 13.6. The molecule has 5 N–H and O–H groups in total. The van der Waals surface area contributed by atoms with Crippen molar-refractivity contribution in [3.05, 3.63) is 0 Å². The zero-order valence-electron chi connectivity index (χ0n) is 11.0. The van der Waals surface area contributed by atoms with Crippen LogP contribution in [0.2, 0.25) is 0 Å². The molecule has 1 amide bonds. The molecule has 19 heavy (non-hydrogen) atoms. The molecule has 0 saturated heterocycles. The summed E-state index contributed by atoms with van der Waals surface area (Å²) in [6.45, 7) is 4.71. The van der Waals surface area contributed by atoms with Gasteiger partial charge in [0.2, 0.25) is 0 Å². The number of ether oxygens (including phenoxy) is 1. The topological polar surface area (TPSA) is 105 Å². The number of halogens is 1. The zero-order valence-corrected chi connectivity index (χ0v) is 13.2. The quantitative estimate of drug-likeness (QED) is 0.179. The van der Waals surface area contributed by atoms with Crippen LogP contribution in [0, 0.1) is 0 Å². The van der Waals surface area contributed by atoms with Gasteiger partial charge in [-0.2, -0.15) is 0 Å². The minimum absolute atomic E-state index is 0.442. The van der Waals surface area contributed by atoms with Crippen LogP contribution in [0.4, 0.5) is 9.59 Å². The average Bonchev–Trinajstić information content (AvgIpc) is 2.35. The lowest BCUT2D eigenvalue weighted by atomic mass is 10.3. The summed E-state index contributed by atoms with van der Waals surface area (Å²) in [5, 5.41) is 8.96. The fraction of sp³-hybridized carbons (Fsp3) is 0.818. The van der Waals surface area contributed by atoms with Gasteiger partial charge in [0.25, 0.3) is 0 Å². The number of unbranched alkanes of at least 4 members (excludes halogenated alkanes) is 1.